The Morgan fingerprint density at radius 1 is 0.927 bits per heavy atom. The monoisotopic (exact) mass is 572 g/mol. The summed E-state index contributed by atoms with van der Waals surface area (Å²) in [4.78, 5) is 15.3. The number of anilines is 1. The van der Waals surface area contributed by atoms with Crippen molar-refractivity contribution in [2.45, 2.75) is 56.6 Å². The Morgan fingerprint density at radius 3 is 2.27 bits per heavy atom. The van der Waals surface area contributed by atoms with Gasteiger partial charge in [-0.3, -0.25) is 4.57 Å². The van der Waals surface area contributed by atoms with Crippen molar-refractivity contribution in [3.8, 4) is 0 Å². The van der Waals surface area contributed by atoms with Crippen molar-refractivity contribution in [3.05, 3.63) is 95.8 Å². The van der Waals surface area contributed by atoms with Gasteiger partial charge in [-0.1, -0.05) is 60.7 Å². The number of halogens is 1. The number of fused-ring (bicyclic) bond motifs is 2. The summed E-state index contributed by atoms with van der Waals surface area (Å²) in [6.45, 7) is 4.79. The predicted octanol–water partition coefficient (Wildman–Crippen LogP) is 4.43. The lowest BCUT2D eigenvalue weighted by molar-refractivity contribution is -0.198. The number of nitrogens with zero attached hydrogens (tertiary/aromatic N) is 7. The lowest BCUT2D eigenvalue weighted by Gasteiger charge is -2.24. The fraction of sp³-hybridized carbons (Fsp3) is 0.345. The molecule has 2 fully saturated rings. The van der Waals surface area contributed by atoms with Crippen molar-refractivity contribution >= 4 is 28.6 Å². The molecule has 2 aliphatic rings. The van der Waals surface area contributed by atoms with Gasteiger partial charge in [-0.25, -0.2) is 4.98 Å². The van der Waals surface area contributed by atoms with Gasteiger partial charge in [0.2, 0.25) is 5.28 Å². The Kier molecular flexibility index (Phi) is 6.66. The van der Waals surface area contributed by atoms with Crippen molar-refractivity contribution in [2.24, 2.45) is 0 Å². The van der Waals surface area contributed by atoms with Crippen molar-refractivity contribution < 1.29 is 14.2 Å². The maximum Gasteiger partial charge on any atom is 0.226 e. The summed E-state index contributed by atoms with van der Waals surface area (Å²) in [7, 11) is 0. The van der Waals surface area contributed by atoms with Crippen LogP contribution in [0.1, 0.15) is 37.1 Å². The van der Waals surface area contributed by atoms with Gasteiger partial charge in [-0.05, 0) is 36.6 Å². The topological polar surface area (TPSA) is 114 Å². The second-order valence-electron chi connectivity index (χ2n) is 10.6. The molecule has 0 unspecified atom stereocenters. The molecule has 5 heterocycles. The third kappa shape index (κ3) is 5.06. The van der Waals surface area contributed by atoms with Crippen LogP contribution in [0, 0.1) is 0 Å². The van der Waals surface area contributed by atoms with E-state index in [2.05, 4.69) is 54.7 Å². The fourth-order valence-electron chi connectivity index (χ4n) is 5.73. The number of rotatable bonds is 8. The molecule has 0 spiro atoms. The van der Waals surface area contributed by atoms with E-state index in [1.165, 1.54) is 11.1 Å². The van der Waals surface area contributed by atoms with Crippen LogP contribution in [0.25, 0.3) is 11.2 Å². The predicted molar refractivity (Wildman–Crippen MR) is 151 cm³/mol. The largest absolute Gasteiger partial charge is 0.367 e. The zero-order chi connectivity index (χ0) is 28.0. The first kappa shape index (κ1) is 26.0. The van der Waals surface area contributed by atoms with Gasteiger partial charge in [0, 0.05) is 12.5 Å². The van der Waals surface area contributed by atoms with Crippen LogP contribution in [0.4, 0.5) is 5.82 Å². The van der Waals surface area contributed by atoms with E-state index in [1.807, 2.05) is 54.8 Å². The van der Waals surface area contributed by atoms with Crippen LogP contribution in [0.5, 0.6) is 0 Å². The van der Waals surface area contributed by atoms with Crippen LogP contribution < -0.4 is 5.32 Å². The first-order valence-corrected chi connectivity index (χ1v) is 13.9. The number of nitrogens with one attached hydrogen (secondary N) is 1. The average Bonchev–Trinajstić information content (AvgIpc) is 3.75. The highest BCUT2D eigenvalue weighted by molar-refractivity contribution is 6.28. The molecule has 0 saturated carbocycles. The van der Waals surface area contributed by atoms with Gasteiger partial charge < -0.3 is 19.5 Å². The lowest BCUT2D eigenvalue weighted by Crippen LogP contribution is -2.33. The normalized spacial score (nSPS) is 23.3. The number of imidazole rings is 1. The minimum absolute atomic E-state index is 0.0881. The summed E-state index contributed by atoms with van der Waals surface area (Å²) >= 11 is 6.47. The molecule has 0 aliphatic carbocycles. The molecular formula is C29H29ClN8O3. The van der Waals surface area contributed by atoms with Gasteiger partial charge in [0.25, 0.3) is 0 Å². The summed E-state index contributed by atoms with van der Waals surface area (Å²) in [6.07, 6.45) is 3.35. The molecule has 4 atom stereocenters. The van der Waals surface area contributed by atoms with Crippen LogP contribution in [-0.2, 0) is 20.8 Å². The highest BCUT2D eigenvalue weighted by Crippen LogP contribution is 2.44. The lowest BCUT2D eigenvalue weighted by atomic mass is 9.91. The molecule has 11 nitrogen and oxygen atoms in total. The molecule has 3 aromatic heterocycles. The molecule has 12 heteroatoms. The van der Waals surface area contributed by atoms with E-state index in [0.29, 0.717) is 30.1 Å². The molecule has 2 saturated heterocycles. The molecule has 1 N–H and O–H groups in total. The molecule has 0 bridgehead atoms. The average molecular weight is 573 g/mol. The molecule has 2 aromatic carbocycles. The van der Waals surface area contributed by atoms with Crippen molar-refractivity contribution in [2.75, 3.05) is 11.9 Å². The summed E-state index contributed by atoms with van der Waals surface area (Å²) in [6, 6.07) is 20.8. The van der Waals surface area contributed by atoms with Crippen molar-refractivity contribution in [1.82, 2.24) is 34.5 Å². The summed E-state index contributed by atoms with van der Waals surface area (Å²) in [5.74, 6) is -0.135. The van der Waals surface area contributed by atoms with E-state index in [9.17, 15) is 0 Å². The molecule has 7 rings (SSSR count). The van der Waals surface area contributed by atoms with E-state index in [4.69, 9.17) is 25.8 Å². The number of aromatic nitrogens is 7. The summed E-state index contributed by atoms with van der Waals surface area (Å²) < 4.78 is 20.9. The Hall–Kier alpha value is -3.90. The van der Waals surface area contributed by atoms with E-state index >= 15 is 0 Å². The van der Waals surface area contributed by atoms with Gasteiger partial charge in [0.1, 0.15) is 18.3 Å². The maximum absolute atomic E-state index is 6.49. The minimum Gasteiger partial charge on any atom is -0.367 e. The minimum atomic E-state index is -0.771. The molecule has 0 amide bonds. The Labute approximate surface area is 241 Å². The Morgan fingerprint density at radius 2 is 1.59 bits per heavy atom. The van der Waals surface area contributed by atoms with E-state index in [0.717, 1.165) is 0 Å². The Balaban J connectivity index is 1.20. The van der Waals surface area contributed by atoms with Crippen molar-refractivity contribution in [3.63, 3.8) is 0 Å². The standard InChI is InChI=1S/C29H29ClN8O3/c1-29(2)40-23-21(16-38-33-13-14-34-38)39-27(24(23)41-29)37-17-32-22-25(35-28(30)36-26(22)37)31-15-20(18-9-5-3-6-10-18)19-11-7-4-8-12-19/h3-14,17,20-21,23-24,27H,15-16H2,1-2H3,(H,31,35,36)/t21-,23-,24-,27-/m1/s1. The third-order valence-electron chi connectivity index (χ3n) is 7.48. The van der Waals surface area contributed by atoms with Crippen LogP contribution in [-0.4, -0.2) is 65.2 Å². The highest BCUT2D eigenvalue weighted by atomic mass is 35.5. The zero-order valence-corrected chi connectivity index (χ0v) is 23.3. The highest BCUT2D eigenvalue weighted by Gasteiger charge is 2.56. The van der Waals surface area contributed by atoms with Gasteiger partial charge in [-0.2, -0.15) is 25.0 Å². The van der Waals surface area contributed by atoms with Gasteiger partial charge in [0.15, 0.2) is 29.0 Å². The van der Waals surface area contributed by atoms with Gasteiger partial charge >= 0.3 is 0 Å². The van der Waals surface area contributed by atoms with Crippen LogP contribution in [0.3, 0.4) is 0 Å². The fourth-order valence-corrected chi connectivity index (χ4v) is 5.89. The van der Waals surface area contributed by atoms with E-state index in [1.54, 1.807) is 23.5 Å². The zero-order valence-electron chi connectivity index (χ0n) is 22.5. The summed E-state index contributed by atoms with van der Waals surface area (Å²) in [5.41, 5.74) is 3.51. The third-order valence-corrected chi connectivity index (χ3v) is 7.65. The summed E-state index contributed by atoms with van der Waals surface area (Å²) in [5, 5.41) is 12.1. The number of hydrogen-bond donors (Lipinski definition) is 1. The van der Waals surface area contributed by atoms with Crippen LogP contribution >= 0.6 is 11.6 Å². The first-order valence-electron chi connectivity index (χ1n) is 13.5. The van der Waals surface area contributed by atoms with Crippen LogP contribution in [0.15, 0.2) is 79.4 Å². The van der Waals surface area contributed by atoms with Crippen LogP contribution in [0.2, 0.25) is 5.28 Å². The molecular weight excluding hydrogens is 544 g/mol. The number of ether oxygens (including phenoxy) is 3. The first-order chi connectivity index (χ1) is 19.9. The SMILES string of the molecule is CC1(C)O[C@@H]2[C@H](O1)[C@@H](Cn1nccn1)O[C@H]2n1cnc2c(NCC(c3ccccc3)c3ccccc3)nc(Cl)nc21. The van der Waals surface area contributed by atoms with Gasteiger partial charge in [-0.15, -0.1) is 0 Å². The van der Waals surface area contributed by atoms with Gasteiger partial charge in [0.05, 0.1) is 25.3 Å². The molecule has 5 aromatic rings. The smallest absolute Gasteiger partial charge is 0.226 e. The second kappa shape index (κ2) is 10.5. The van der Waals surface area contributed by atoms with E-state index < -0.39 is 18.1 Å². The molecule has 210 valence electrons. The van der Waals surface area contributed by atoms with Crippen molar-refractivity contribution in [1.29, 1.82) is 0 Å². The molecule has 41 heavy (non-hydrogen) atoms. The molecule has 2 aliphatic heterocycles. The molecule has 0 radical (unpaired) electrons. The number of hydrogen-bond acceptors (Lipinski definition) is 9. The maximum atomic E-state index is 6.49. The van der Waals surface area contributed by atoms with E-state index in [-0.39, 0.29) is 23.4 Å². The second-order valence-corrected chi connectivity index (χ2v) is 11.0. The quantitative estimate of drug-likeness (QED) is 0.270. The number of benzene rings is 2. The Bertz CT molecular complexity index is 1590.